The van der Waals surface area contributed by atoms with Gasteiger partial charge in [-0.2, -0.15) is 5.26 Å². The van der Waals surface area contributed by atoms with Gasteiger partial charge < -0.3 is 25.2 Å². The number of anilines is 2. The van der Waals surface area contributed by atoms with Crippen LogP contribution in [0.15, 0.2) is 54.9 Å². The fourth-order valence-corrected chi connectivity index (χ4v) is 9.55. The van der Waals surface area contributed by atoms with E-state index in [-0.39, 0.29) is 53.3 Å². The van der Waals surface area contributed by atoms with E-state index in [0.717, 1.165) is 76.6 Å². The molecule has 306 valence electrons. The number of hydrogen-bond acceptors (Lipinski definition) is 11. The van der Waals surface area contributed by atoms with E-state index in [1.54, 1.807) is 36.7 Å². The van der Waals surface area contributed by atoms with Gasteiger partial charge in [0.1, 0.15) is 35.5 Å². The lowest BCUT2D eigenvalue weighted by molar-refractivity contribution is -0.164. The Morgan fingerprint density at radius 1 is 0.897 bits per heavy atom. The Bertz CT molecular complexity index is 2040. The van der Waals surface area contributed by atoms with Crippen molar-refractivity contribution in [1.82, 2.24) is 30.8 Å². The number of halogens is 1. The second-order valence-corrected chi connectivity index (χ2v) is 17.5. The smallest absolute Gasteiger partial charge is 0.270 e. The van der Waals surface area contributed by atoms with E-state index < -0.39 is 17.9 Å². The number of hydrogen-bond donors (Lipinski definition) is 3. The molecular formula is C43H52ClN9O5. The summed E-state index contributed by atoms with van der Waals surface area (Å²) in [7, 11) is 0. The van der Waals surface area contributed by atoms with Crippen molar-refractivity contribution in [2.24, 2.45) is 16.7 Å². The second-order valence-electron chi connectivity index (χ2n) is 17.1. The molecule has 4 aliphatic rings. The molecule has 15 heteroatoms. The zero-order chi connectivity index (χ0) is 41.2. The third kappa shape index (κ3) is 8.76. The fraction of sp³-hybridized carbons (Fsp3) is 0.512. The van der Waals surface area contributed by atoms with Crippen molar-refractivity contribution >= 4 is 46.7 Å². The minimum Gasteiger partial charge on any atom is -0.489 e. The molecule has 0 radical (unpaired) electrons. The Labute approximate surface area is 344 Å². The Morgan fingerprint density at radius 3 is 2.26 bits per heavy atom. The van der Waals surface area contributed by atoms with E-state index in [9.17, 15) is 24.4 Å². The molecule has 7 rings (SSSR count). The number of nitriles is 1. The van der Waals surface area contributed by atoms with Crippen LogP contribution in [0.3, 0.4) is 0 Å². The number of aromatic nitrogens is 2. The predicted octanol–water partition coefficient (Wildman–Crippen LogP) is 4.58. The average Bonchev–Trinajstić information content (AvgIpc) is 3.22. The summed E-state index contributed by atoms with van der Waals surface area (Å²) in [6.45, 7) is 14.9. The molecular weight excluding hydrogens is 758 g/mol. The van der Waals surface area contributed by atoms with Crippen LogP contribution in [-0.4, -0.2) is 102 Å². The summed E-state index contributed by atoms with van der Waals surface area (Å²) in [5, 5.41) is 17.7. The molecule has 1 aliphatic carbocycles. The summed E-state index contributed by atoms with van der Waals surface area (Å²) in [6.07, 6.45) is 7.03. The topological polar surface area (TPSA) is 173 Å². The molecule has 4 fully saturated rings. The third-order valence-electron chi connectivity index (χ3n) is 12.5. The first-order chi connectivity index (χ1) is 27.7. The number of ether oxygens (including phenoxy) is 1. The van der Waals surface area contributed by atoms with Crippen molar-refractivity contribution < 1.29 is 23.9 Å². The van der Waals surface area contributed by atoms with E-state index in [1.165, 1.54) is 0 Å². The predicted molar refractivity (Wildman–Crippen MR) is 220 cm³/mol. The number of benzene rings is 1. The minimum atomic E-state index is -0.732. The molecule has 3 N–H and O–H groups in total. The Balaban J connectivity index is 0.813. The van der Waals surface area contributed by atoms with E-state index in [1.807, 2.05) is 18.2 Å². The third-order valence-corrected chi connectivity index (χ3v) is 12.8. The first kappa shape index (κ1) is 40.9. The number of piperidine rings is 2. The number of nitrogens with zero attached hydrogens (tertiary/aromatic N) is 6. The number of pyridine rings is 2. The molecule has 2 aromatic heterocycles. The summed E-state index contributed by atoms with van der Waals surface area (Å²) in [5.74, 6) is 0.741. The number of rotatable bonds is 11. The molecule has 3 saturated heterocycles. The summed E-state index contributed by atoms with van der Waals surface area (Å²) < 4.78 is 6.37. The first-order valence-electron chi connectivity index (χ1n) is 20.2. The molecule has 1 aromatic carbocycles. The van der Waals surface area contributed by atoms with Gasteiger partial charge >= 0.3 is 0 Å². The molecule has 0 spiro atoms. The van der Waals surface area contributed by atoms with Crippen LogP contribution in [0.2, 0.25) is 5.02 Å². The standard InChI is InChI=1S/C43H52ClN9O5/c1-42(2)40(43(3,4)41(42)58-31-8-5-28(24-45)32(44)23-31)50-37(55)29-6-11-35(47-25-29)53-17-14-27(15-18-53)13-16-51-19-21-52(22-20-51)30-7-9-33(46-26-30)38(56)48-34-10-12-36(54)49-39(34)57/h5-9,11,23,25-27,34,40-41H,10,12-22H2,1-4H3,(H,48,56)(H,50,55)(H,49,54,57)/t34-,40?,41?/m1/s1. The summed E-state index contributed by atoms with van der Waals surface area (Å²) >= 11 is 6.25. The maximum absolute atomic E-state index is 13.4. The van der Waals surface area contributed by atoms with Crippen molar-refractivity contribution in [3.05, 3.63) is 76.7 Å². The van der Waals surface area contributed by atoms with Gasteiger partial charge in [-0.25, -0.2) is 9.97 Å². The van der Waals surface area contributed by atoms with Crippen molar-refractivity contribution in [2.75, 3.05) is 55.6 Å². The van der Waals surface area contributed by atoms with Crippen LogP contribution in [0.1, 0.15) is 86.2 Å². The van der Waals surface area contributed by atoms with Gasteiger partial charge in [-0.1, -0.05) is 39.3 Å². The molecule has 1 saturated carbocycles. The van der Waals surface area contributed by atoms with Crippen LogP contribution < -0.4 is 30.5 Å². The molecule has 14 nitrogen and oxygen atoms in total. The van der Waals surface area contributed by atoms with Crippen LogP contribution in [0.4, 0.5) is 11.5 Å². The highest BCUT2D eigenvalue weighted by Crippen LogP contribution is 2.55. The lowest BCUT2D eigenvalue weighted by atomic mass is 9.49. The monoisotopic (exact) mass is 809 g/mol. The van der Waals surface area contributed by atoms with Crippen molar-refractivity contribution in [1.29, 1.82) is 5.26 Å². The second kappa shape index (κ2) is 16.9. The number of carbonyl (C=O) groups is 4. The van der Waals surface area contributed by atoms with E-state index in [0.29, 0.717) is 27.8 Å². The van der Waals surface area contributed by atoms with Gasteiger partial charge in [-0.15, -0.1) is 0 Å². The molecule has 5 heterocycles. The highest BCUT2D eigenvalue weighted by Gasteiger charge is 2.64. The van der Waals surface area contributed by atoms with Crippen LogP contribution in [0.5, 0.6) is 5.75 Å². The van der Waals surface area contributed by atoms with Gasteiger partial charge in [0.25, 0.3) is 11.8 Å². The number of imide groups is 1. The van der Waals surface area contributed by atoms with Gasteiger partial charge in [-0.05, 0) is 74.5 Å². The largest absolute Gasteiger partial charge is 0.489 e. The van der Waals surface area contributed by atoms with Crippen molar-refractivity contribution in [3.63, 3.8) is 0 Å². The molecule has 58 heavy (non-hydrogen) atoms. The lowest BCUT2D eigenvalue weighted by Crippen LogP contribution is -2.74. The summed E-state index contributed by atoms with van der Waals surface area (Å²) in [5.41, 5.74) is 1.41. The van der Waals surface area contributed by atoms with Crippen LogP contribution in [0.25, 0.3) is 0 Å². The normalized spacial score (nSPS) is 23.3. The fourth-order valence-electron chi connectivity index (χ4n) is 9.33. The van der Waals surface area contributed by atoms with Gasteiger partial charge in [0, 0.05) is 74.8 Å². The molecule has 3 aromatic rings. The summed E-state index contributed by atoms with van der Waals surface area (Å²) in [6, 6.07) is 13.7. The number of amides is 4. The Morgan fingerprint density at radius 2 is 1.64 bits per heavy atom. The van der Waals surface area contributed by atoms with Gasteiger partial charge in [0.05, 0.1) is 28.0 Å². The SMILES string of the molecule is CC1(C)C(NC(=O)c2ccc(N3CCC(CCN4CCN(c5ccc(C(=O)N[C@@H]6CCC(=O)NC6=O)nc5)CC4)CC3)nc2)C(C)(C)C1Oc1ccc(C#N)c(Cl)c1. The van der Waals surface area contributed by atoms with E-state index in [4.69, 9.17) is 21.3 Å². The van der Waals surface area contributed by atoms with Gasteiger partial charge in [0.15, 0.2) is 0 Å². The zero-order valence-corrected chi connectivity index (χ0v) is 34.3. The van der Waals surface area contributed by atoms with Crippen LogP contribution >= 0.6 is 11.6 Å². The quantitative estimate of drug-likeness (QED) is 0.232. The molecule has 0 unspecified atom stereocenters. The highest BCUT2D eigenvalue weighted by atomic mass is 35.5. The Kier molecular flexibility index (Phi) is 11.9. The molecule has 4 amide bonds. The Hall–Kier alpha value is -5.26. The van der Waals surface area contributed by atoms with E-state index >= 15 is 0 Å². The van der Waals surface area contributed by atoms with Crippen LogP contribution in [0, 0.1) is 28.1 Å². The molecule has 3 aliphatic heterocycles. The molecule has 0 bridgehead atoms. The number of piperazine rings is 1. The minimum absolute atomic E-state index is 0.138. The highest BCUT2D eigenvalue weighted by molar-refractivity contribution is 6.31. The molecule has 1 atom stereocenters. The van der Waals surface area contributed by atoms with Crippen LogP contribution in [-0.2, 0) is 9.59 Å². The van der Waals surface area contributed by atoms with Gasteiger partial charge in [-0.3, -0.25) is 29.4 Å². The number of carbonyl (C=O) groups excluding carboxylic acids is 4. The van der Waals surface area contributed by atoms with Gasteiger partial charge in [0.2, 0.25) is 11.8 Å². The summed E-state index contributed by atoms with van der Waals surface area (Å²) in [4.78, 5) is 65.6. The maximum atomic E-state index is 13.4. The first-order valence-corrected chi connectivity index (χ1v) is 20.6. The maximum Gasteiger partial charge on any atom is 0.270 e. The zero-order valence-electron chi connectivity index (χ0n) is 33.6. The van der Waals surface area contributed by atoms with Crippen molar-refractivity contribution in [3.8, 4) is 11.8 Å². The van der Waals surface area contributed by atoms with E-state index in [2.05, 4.69) is 69.4 Å². The average molecular weight is 810 g/mol. The number of nitrogens with one attached hydrogen (secondary N) is 3. The van der Waals surface area contributed by atoms with Crippen molar-refractivity contribution in [2.45, 2.75) is 78.0 Å². The lowest BCUT2D eigenvalue weighted by Gasteiger charge is -2.63.